The normalized spacial score (nSPS) is 20.5. The van der Waals surface area contributed by atoms with E-state index in [4.69, 9.17) is 0 Å². The summed E-state index contributed by atoms with van der Waals surface area (Å²) >= 11 is 0. The third-order valence-corrected chi connectivity index (χ3v) is 1.83. The molecule has 0 spiro atoms. The zero-order chi connectivity index (χ0) is 9.42. The second kappa shape index (κ2) is 2.58. The van der Waals surface area contributed by atoms with Crippen LogP contribution in [0.4, 0.5) is 0 Å². The molecule has 2 aliphatic rings. The number of hydrogen-bond acceptors (Lipinski definition) is 4. The fraction of sp³-hybridized carbons (Fsp3) is 0.111. The van der Waals surface area contributed by atoms with Gasteiger partial charge in [-0.3, -0.25) is 0 Å². The van der Waals surface area contributed by atoms with Gasteiger partial charge in [0.15, 0.2) is 5.57 Å². The van der Waals surface area contributed by atoms with Gasteiger partial charge in [-0.2, -0.15) is 0 Å². The molecule has 0 aromatic heterocycles. The SMILES string of the molecule is CC1=CC(=C2C(=O)OC2=O)C=CN1. The predicted molar refractivity (Wildman–Crippen MR) is 44.2 cm³/mol. The zero-order valence-electron chi connectivity index (χ0n) is 6.96. The summed E-state index contributed by atoms with van der Waals surface area (Å²) in [4.78, 5) is 21.7. The predicted octanol–water partition coefficient (Wildman–Crippen LogP) is 0.387. The van der Waals surface area contributed by atoms with Crippen molar-refractivity contribution in [2.24, 2.45) is 0 Å². The lowest BCUT2D eigenvalue weighted by atomic mass is 10.0. The van der Waals surface area contributed by atoms with Gasteiger partial charge < -0.3 is 10.1 Å². The number of nitrogens with one attached hydrogen (secondary N) is 1. The van der Waals surface area contributed by atoms with E-state index in [9.17, 15) is 9.59 Å². The summed E-state index contributed by atoms with van der Waals surface area (Å²) in [7, 11) is 0. The van der Waals surface area contributed by atoms with Crippen LogP contribution < -0.4 is 5.32 Å². The number of rotatable bonds is 0. The lowest BCUT2D eigenvalue weighted by Crippen LogP contribution is -2.33. The molecule has 13 heavy (non-hydrogen) atoms. The largest absolute Gasteiger partial charge is 0.385 e. The minimum atomic E-state index is -0.546. The van der Waals surface area contributed by atoms with Crippen LogP contribution in [-0.4, -0.2) is 11.9 Å². The third kappa shape index (κ3) is 1.16. The van der Waals surface area contributed by atoms with Crippen LogP contribution in [0.15, 0.2) is 35.2 Å². The fourth-order valence-electron chi connectivity index (χ4n) is 1.20. The lowest BCUT2D eigenvalue weighted by molar-refractivity contribution is -0.165. The minimum Gasteiger partial charge on any atom is -0.385 e. The summed E-state index contributed by atoms with van der Waals surface area (Å²) in [6.07, 6.45) is 5.07. The van der Waals surface area contributed by atoms with Crippen LogP contribution in [0.2, 0.25) is 0 Å². The van der Waals surface area contributed by atoms with Crippen molar-refractivity contribution >= 4 is 11.9 Å². The molecule has 0 aliphatic carbocycles. The molecule has 1 saturated heterocycles. The van der Waals surface area contributed by atoms with Crippen LogP contribution in [0, 0.1) is 0 Å². The highest BCUT2D eigenvalue weighted by atomic mass is 16.6. The van der Waals surface area contributed by atoms with E-state index < -0.39 is 11.9 Å². The molecule has 2 heterocycles. The van der Waals surface area contributed by atoms with Crippen LogP contribution in [0.1, 0.15) is 6.92 Å². The first-order chi connectivity index (χ1) is 6.18. The van der Waals surface area contributed by atoms with Crippen LogP contribution in [0.5, 0.6) is 0 Å². The summed E-state index contributed by atoms with van der Waals surface area (Å²) in [6, 6.07) is 0. The molecule has 4 heteroatoms. The number of carbonyl (C=O) groups excluding carboxylic acids is 2. The number of allylic oxidation sites excluding steroid dienone is 4. The summed E-state index contributed by atoms with van der Waals surface area (Å²) in [5.74, 6) is -1.09. The topological polar surface area (TPSA) is 55.4 Å². The van der Waals surface area contributed by atoms with Crippen molar-refractivity contribution < 1.29 is 14.3 Å². The molecule has 66 valence electrons. The highest BCUT2D eigenvalue weighted by Gasteiger charge is 2.36. The van der Waals surface area contributed by atoms with Crippen molar-refractivity contribution in [1.82, 2.24) is 5.32 Å². The molecular formula is C9H7NO3. The fourth-order valence-corrected chi connectivity index (χ4v) is 1.20. The smallest absolute Gasteiger partial charge is 0.354 e. The van der Waals surface area contributed by atoms with Crippen molar-refractivity contribution in [3.8, 4) is 0 Å². The standard InChI is InChI=1S/C9H7NO3/c1-5-4-6(2-3-10-5)7-8(11)13-9(7)12/h2-4,10H,1H3. The average Bonchev–Trinajstić information content (AvgIpc) is 2.03. The Kier molecular flexibility index (Phi) is 1.55. The van der Waals surface area contributed by atoms with Crippen molar-refractivity contribution in [1.29, 1.82) is 0 Å². The molecule has 0 atom stereocenters. The van der Waals surface area contributed by atoms with Crippen LogP contribution in [0.25, 0.3) is 0 Å². The van der Waals surface area contributed by atoms with Crippen LogP contribution >= 0.6 is 0 Å². The highest BCUT2D eigenvalue weighted by Crippen LogP contribution is 2.22. The monoisotopic (exact) mass is 177 g/mol. The van der Waals surface area contributed by atoms with Crippen molar-refractivity contribution in [2.45, 2.75) is 6.92 Å². The van der Waals surface area contributed by atoms with E-state index >= 15 is 0 Å². The van der Waals surface area contributed by atoms with Gasteiger partial charge in [0.05, 0.1) is 0 Å². The average molecular weight is 177 g/mol. The summed E-state index contributed by atoms with van der Waals surface area (Å²) in [6.45, 7) is 1.85. The van der Waals surface area contributed by atoms with Gasteiger partial charge in [-0.1, -0.05) is 0 Å². The molecule has 0 bridgehead atoms. The molecule has 1 N–H and O–H groups in total. The number of dihydropyridines is 1. The quantitative estimate of drug-likeness (QED) is 0.251. The Morgan fingerprint density at radius 3 is 2.54 bits per heavy atom. The molecule has 0 unspecified atom stereocenters. The van der Waals surface area contributed by atoms with E-state index in [0.29, 0.717) is 5.57 Å². The van der Waals surface area contributed by atoms with E-state index in [2.05, 4.69) is 10.1 Å². The number of hydrogen-bond donors (Lipinski definition) is 1. The second-order valence-corrected chi connectivity index (χ2v) is 2.81. The number of esters is 2. The Bertz CT molecular complexity index is 372. The van der Waals surface area contributed by atoms with Gasteiger partial charge in [-0.05, 0) is 24.6 Å². The number of cyclic esters (lactones) is 2. The Morgan fingerprint density at radius 1 is 1.31 bits per heavy atom. The first-order valence-corrected chi connectivity index (χ1v) is 3.80. The van der Waals surface area contributed by atoms with E-state index in [1.807, 2.05) is 6.92 Å². The van der Waals surface area contributed by atoms with Gasteiger partial charge in [0.25, 0.3) is 0 Å². The molecule has 1 fully saturated rings. The third-order valence-electron chi connectivity index (χ3n) is 1.83. The molecule has 0 aromatic rings. The van der Waals surface area contributed by atoms with Crippen molar-refractivity contribution in [2.75, 3.05) is 0 Å². The van der Waals surface area contributed by atoms with Gasteiger partial charge in [0.1, 0.15) is 0 Å². The van der Waals surface area contributed by atoms with Gasteiger partial charge in [-0.25, -0.2) is 9.59 Å². The minimum absolute atomic E-state index is 0.136. The van der Waals surface area contributed by atoms with Crippen molar-refractivity contribution in [3.63, 3.8) is 0 Å². The Balaban J connectivity index is 2.43. The van der Waals surface area contributed by atoms with Crippen molar-refractivity contribution in [3.05, 3.63) is 35.2 Å². The maximum atomic E-state index is 10.9. The van der Waals surface area contributed by atoms with E-state index in [0.717, 1.165) is 5.70 Å². The molecule has 2 aliphatic heterocycles. The van der Waals surface area contributed by atoms with E-state index in [-0.39, 0.29) is 5.57 Å². The van der Waals surface area contributed by atoms with Gasteiger partial charge >= 0.3 is 11.9 Å². The van der Waals surface area contributed by atoms with Gasteiger partial charge in [0.2, 0.25) is 0 Å². The first-order valence-electron chi connectivity index (χ1n) is 3.80. The van der Waals surface area contributed by atoms with Gasteiger partial charge in [0, 0.05) is 11.9 Å². The van der Waals surface area contributed by atoms with E-state index in [1.54, 1.807) is 18.4 Å². The summed E-state index contributed by atoms with van der Waals surface area (Å²) in [5.41, 5.74) is 1.63. The Hall–Kier alpha value is -1.84. The summed E-state index contributed by atoms with van der Waals surface area (Å²) < 4.78 is 4.22. The van der Waals surface area contributed by atoms with Crippen LogP contribution in [0.3, 0.4) is 0 Å². The molecule has 2 rings (SSSR count). The molecule has 0 radical (unpaired) electrons. The Labute approximate surface area is 74.6 Å². The molecule has 0 saturated carbocycles. The first kappa shape index (κ1) is 7.79. The number of carbonyl (C=O) groups is 2. The maximum Gasteiger partial charge on any atom is 0.354 e. The lowest BCUT2D eigenvalue weighted by Gasteiger charge is -2.17. The molecular weight excluding hydrogens is 170 g/mol. The highest BCUT2D eigenvalue weighted by molar-refractivity contribution is 6.27. The maximum absolute atomic E-state index is 10.9. The second-order valence-electron chi connectivity index (χ2n) is 2.81. The van der Waals surface area contributed by atoms with Gasteiger partial charge in [-0.15, -0.1) is 0 Å². The molecule has 0 aromatic carbocycles. The number of ether oxygens (including phenoxy) is 1. The Morgan fingerprint density at radius 2 is 2.00 bits per heavy atom. The zero-order valence-corrected chi connectivity index (χ0v) is 6.96. The van der Waals surface area contributed by atoms with E-state index in [1.165, 1.54) is 0 Å². The summed E-state index contributed by atoms with van der Waals surface area (Å²) in [5, 5.41) is 2.93. The molecule has 4 nitrogen and oxygen atoms in total. The van der Waals surface area contributed by atoms with Crippen LogP contribution in [-0.2, 0) is 14.3 Å². The molecule has 0 amide bonds.